The standard InChI is InChI=1S/C20H21N7OS2/c1-20(2,3)13-9-7-12(8-10-13)18-23-24-19(27(18)21)29-11-16(28)22-14-5-4-6-15-17(14)26-30-25-15/h4-10H,11,21H2,1-3H3,(H,22,28). The van der Waals surface area contributed by atoms with Gasteiger partial charge in [-0.2, -0.15) is 8.75 Å². The van der Waals surface area contributed by atoms with Gasteiger partial charge in [0.05, 0.1) is 23.2 Å². The van der Waals surface area contributed by atoms with E-state index in [0.717, 1.165) is 22.8 Å². The van der Waals surface area contributed by atoms with E-state index >= 15 is 0 Å². The highest BCUT2D eigenvalue weighted by molar-refractivity contribution is 7.99. The summed E-state index contributed by atoms with van der Waals surface area (Å²) in [6, 6.07) is 13.6. The number of fused-ring (bicyclic) bond motifs is 1. The summed E-state index contributed by atoms with van der Waals surface area (Å²) < 4.78 is 9.81. The summed E-state index contributed by atoms with van der Waals surface area (Å²) in [5, 5.41) is 11.7. The van der Waals surface area contributed by atoms with Gasteiger partial charge in [-0.15, -0.1) is 10.2 Å². The number of nitrogens with zero attached hydrogens (tertiary/aromatic N) is 5. The second-order valence-corrected chi connectivity index (χ2v) is 9.25. The molecule has 0 aliphatic rings. The van der Waals surface area contributed by atoms with Gasteiger partial charge in [0.15, 0.2) is 5.82 Å². The highest BCUT2D eigenvalue weighted by Gasteiger charge is 2.17. The minimum atomic E-state index is -0.181. The van der Waals surface area contributed by atoms with E-state index in [2.05, 4.69) is 57.2 Å². The van der Waals surface area contributed by atoms with Gasteiger partial charge in [-0.1, -0.05) is 62.9 Å². The molecule has 4 aromatic rings. The number of carbonyl (C=O) groups excluding carboxylic acids is 1. The Morgan fingerprint density at radius 1 is 1.13 bits per heavy atom. The molecule has 10 heteroatoms. The van der Waals surface area contributed by atoms with E-state index in [9.17, 15) is 4.79 Å². The Balaban J connectivity index is 1.43. The first-order valence-corrected chi connectivity index (χ1v) is 11.0. The van der Waals surface area contributed by atoms with Crippen LogP contribution >= 0.6 is 23.5 Å². The Morgan fingerprint density at radius 2 is 1.90 bits per heavy atom. The molecular weight excluding hydrogens is 418 g/mol. The molecule has 2 heterocycles. The quantitative estimate of drug-likeness (QED) is 0.360. The number of thioether (sulfide) groups is 1. The molecule has 2 aromatic heterocycles. The molecule has 8 nitrogen and oxygen atoms in total. The van der Waals surface area contributed by atoms with Crippen molar-refractivity contribution in [3.05, 3.63) is 48.0 Å². The van der Waals surface area contributed by atoms with Gasteiger partial charge in [0, 0.05) is 5.56 Å². The highest BCUT2D eigenvalue weighted by Crippen LogP contribution is 2.27. The average Bonchev–Trinajstić information content (AvgIpc) is 3.33. The van der Waals surface area contributed by atoms with Crippen molar-refractivity contribution in [2.45, 2.75) is 31.3 Å². The molecule has 0 atom stereocenters. The Hall–Kier alpha value is -2.98. The number of nitrogens with one attached hydrogen (secondary N) is 1. The van der Waals surface area contributed by atoms with Crippen LogP contribution in [0.3, 0.4) is 0 Å². The van der Waals surface area contributed by atoms with Crippen LogP contribution in [0.1, 0.15) is 26.3 Å². The summed E-state index contributed by atoms with van der Waals surface area (Å²) in [7, 11) is 0. The number of anilines is 1. The molecule has 3 N–H and O–H groups in total. The lowest BCUT2D eigenvalue weighted by Gasteiger charge is -2.19. The minimum absolute atomic E-state index is 0.0717. The van der Waals surface area contributed by atoms with E-state index in [1.807, 2.05) is 24.3 Å². The number of nitrogens with two attached hydrogens (primary N) is 1. The van der Waals surface area contributed by atoms with Crippen molar-refractivity contribution in [3.8, 4) is 11.4 Å². The lowest BCUT2D eigenvalue weighted by Crippen LogP contribution is -2.16. The monoisotopic (exact) mass is 439 g/mol. The lowest BCUT2D eigenvalue weighted by atomic mass is 9.87. The topological polar surface area (TPSA) is 112 Å². The molecule has 2 aromatic carbocycles. The van der Waals surface area contributed by atoms with E-state index in [1.54, 1.807) is 6.07 Å². The Kier molecular flexibility index (Phi) is 5.44. The van der Waals surface area contributed by atoms with Crippen molar-refractivity contribution in [1.82, 2.24) is 23.6 Å². The third kappa shape index (κ3) is 4.14. The first-order chi connectivity index (χ1) is 14.3. The summed E-state index contributed by atoms with van der Waals surface area (Å²) in [6.07, 6.45) is 0. The molecule has 1 amide bonds. The average molecular weight is 440 g/mol. The molecule has 0 bridgehead atoms. The van der Waals surface area contributed by atoms with Gasteiger partial charge in [0.25, 0.3) is 0 Å². The van der Waals surface area contributed by atoms with E-state index < -0.39 is 0 Å². The molecule has 0 saturated heterocycles. The maximum absolute atomic E-state index is 12.4. The molecule has 0 radical (unpaired) electrons. The van der Waals surface area contributed by atoms with E-state index in [-0.39, 0.29) is 17.1 Å². The van der Waals surface area contributed by atoms with Gasteiger partial charge >= 0.3 is 0 Å². The molecule has 0 aliphatic carbocycles. The van der Waals surface area contributed by atoms with Crippen LogP contribution in [0.2, 0.25) is 0 Å². The van der Waals surface area contributed by atoms with Crippen molar-refractivity contribution in [2.75, 3.05) is 16.9 Å². The molecule has 0 fully saturated rings. The zero-order valence-electron chi connectivity index (χ0n) is 16.8. The molecular formula is C20H21N7OS2. The molecule has 154 valence electrons. The Morgan fingerprint density at radius 3 is 2.63 bits per heavy atom. The van der Waals surface area contributed by atoms with Crippen molar-refractivity contribution < 1.29 is 4.79 Å². The molecule has 0 aliphatic heterocycles. The summed E-state index contributed by atoms with van der Waals surface area (Å²) in [5.41, 5.74) is 4.25. The lowest BCUT2D eigenvalue weighted by molar-refractivity contribution is -0.113. The van der Waals surface area contributed by atoms with E-state index in [1.165, 1.54) is 22.0 Å². The Bertz CT molecular complexity index is 1190. The first-order valence-electron chi connectivity index (χ1n) is 9.28. The third-order valence-electron chi connectivity index (χ3n) is 4.57. The second kappa shape index (κ2) is 8.04. The van der Waals surface area contributed by atoms with Crippen LogP contribution < -0.4 is 11.2 Å². The number of carbonyl (C=O) groups is 1. The maximum Gasteiger partial charge on any atom is 0.234 e. The summed E-state index contributed by atoms with van der Waals surface area (Å²) in [5.74, 6) is 6.70. The minimum Gasteiger partial charge on any atom is -0.335 e. The van der Waals surface area contributed by atoms with Crippen molar-refractivity contribution in [1.29, 1.82) is 0 Å². The van der Waals surface area contributed by atoms with Gasteiger partial charge in [0.1, 0.15) is 11.0 Å². The summed E-state index contributed by atoms with van der Waals surface area (Å²) in [4.78, 5) is 12.4. The predicted octanol–water partition coefficient (Wildman–Crippen LogP) is 3.69. The maximum atomic E-state index is 12.4. The van der Waals surface area contributed by atoms with Gasteiger partial charge in [-0.05, 0) is 23.1 Å². The first kappa shape index (κ1) is 20.3. The molecule has 0 unspecified atom stereocenters. The second-order valence-electron chi connectivity index (χ2n) is 7.78. The number of benzene rings is 2. The van der Waals surface area contributed by atoms with Gasteiger partial charge < -0.3 is 11.2 Å². The zero-order valence-corrected chi connectivity index (χ0v) is 18.4. The number of aromatic nitrogens is 5. The number of hydrogen-bond acceptors (Lipinski definition) is 8. The SMILES string of the molecule is CC(C)(C)c1ccc(-c2nnc(SCC(=O)Nc3cccc4nsnc34)n2N)cc1. The summed E-state index contributed by atoms with van der Waals surface area (Å²) in [6.45, 7) is 6.50. The largest absolute Gasteiger partial charge is 0.335 e. The number of rotatable bonds is 5. The third-order valence-corrected chi connectivity index (χ3v) is 6.05. The van der Waals surface area contributed by atoms with E-state index in [4.69, 9.17) is 5.84 Å². The van der Waals surface area contributed by atoms with Crippen molar-refractivity contribution in [2.24, 2.45) is 0 Å². The van der Waals surface area contributed by atoms with Gasteiger partial charge in [-0.25, -0.2) is 4.68 Å². The van der Waals surface area contributed by atoms with Crippen LogP contribution in [0.5, 0.6) is 0 Å². The van der Waals surface area contributed by atoms with Crippen molar-refractivity contribution >= 4 is 46.1 Å². The van der Waals surface area contributed by atoms with Crippen LogP contribution in [-0.2, 0) is 10.2 Å². The van der Waals surface area contributed by atoms with Crippen LogP contribution in [0.25, 0.3) is 22.4 Å². The van der Waals surface area contributed by atoms with Crippen LogP contribution in [0.15, 0.2) is 47.6 Å². The molecule has 30 heavy (non-hydrogen) atoms. The number of hydrogen-bond donors (Lipinski definition) is 2. The number of nitrogen functional groups attached to an aromatic ring is 1. The van der Waals surface area contributed by atoms with Crippen LogP contribution in [0, 0.1) is 0 Å². The molecule has 0 spiro atoms. The van der Waals surface area contributed by atoms with Crippen molar-refractivity contribution in [3.63, 3.8) is 0 Å². The predicted molar refractivity (Wildman–Crippen MR) is 121 cm³/mol. The normalized spacial score (nSPS) is 11.7. The van der Waals surface area contributed by atoms with Crippen LogP contribution in [0.4, 0.5) is 5.69 Å². The van der Waals surface area contributed by atoms with Crippen LogP contribution in [-0.4, -0.2) is 35.3 Å². The zero-order chi connectivity index (χ0) is 21.3. The smallest absolute Gasteiger partial charge is 0.234 e. The van der Waals surface area contributed by atoms with Gasteiger partial charge in [-0.3, -0.25) is 4.79 Å². The highest BCUT2D eigenvalue weighted by atomic mass is 32.2. The number of amides is 1. The fourth-order valence-corrected chi connectivity index (χ4v) is 4.12. The van der Waals surface area contributed by atoms with Gasteiger partial charge in [0.2, 0.25) is 11.1 Å². The molecule has 0 saturated carbocycles. The Labute approximate surface area is 182 Å². The molecule has 4 rings (SSSR count). The van der Waals surface area contributed by atoms with E-state index in [0.29, 0.717) is 22.2 Å². The fraction of sp³-hybridized carbons (Fsp3) is 0.250. The summed E-state index contributed by atoms with van der Waals surface area (Å²) >= 11 is 2.34. The fourth-order valence-electron chi connectivity index (χ4n) is 2.92.